The summed E-state index contributed by atoms with van der Waals surface area (Å²) in [5.74, 6) is 1.23. The van der Waals surface area contributed by atoms with Gasteiger partial charge < -0.3 is 5.32 Å². The molecule has 0 fully saturated rings. The van der Waals surface area contributed by atoms with Gasteiger partial charge in [-0.3, -0.25) is 9.78 Å². The van der Waals surface area contributed by atoms with E-state index in [4.69, 9.17) is 0 Å². The number of anilines is 1. The van der Waals surface area contributed by atoms with E-state index in [-0.39, 0.29) is 11.8 Å². The Balaban J connectivity index is 1.91. The Kier molecular flexibility index (Phi) is 2.63. The number of pyridine rings is 1. The van der Waals surface area contributed by atoms with E-state index in [9.17, 15) is 4.79 Å². The van der Waals surface area contributed by atoms with Crippen LogP contribution < -0.4 is 5.32 Å². The van der Waals surface area contributed by atoms with E-state index in [1.807, 2.05) is 12.1 Å². The molecule has 1 N–H and O–H groups in total. The van der Waals surface area contributed by atoms with Gasteiger partial charge in [0.1, 0.15) is 12.4 Å². The topological polar surface area (TPSA) is 72.7 Å². The third kappa shape index (κ3) is 1.86. The second-order valence-electron chi connectivity index (χ2n) is 5.67. The average molecular weight is 281 g/mol. The fourth-order valence-corrected chi connectivity index (χ4v) is 3.19. The first-order valence-electron chi connectivity index (χ1n) is 7.06. The zero-order valence-corrected chi connectivity index (χ0v) is 11.7. The summed E-state index contributed by atoms with van der Waals surface area (Å²) in [5.41, 5.74) is 2.74. The minimum atomic E-state index is -0.229. The molecule has 21 heavy (non-hydrogen) atoms. The molecule has 0 aromatic carbocycles. The Bertz CT molecular complexity index is 734. The highest BCUT2D eigenvalue weighted by atomic mass is 16.1. The molecular formula is C15H15N5O. The highest BCUT2D eigenvalue weighted by molar-refractivity contribution is 5.99. The molecule has 0 saturated carbocycles. The van der Waals surface area contributed by atoms with Gasteiger partial charge in [0.05, 0.1) is 0 Å². The number of hydrogen-bond acceptors (Lipinski definition) is 5. The van der Waals surface area contributed by atoms with Crippen LogP contribution in [-0.4, -0.2) is 25.5 Å². The standard InChI is InChI=1S/C15H15N5O/c1-9-5-11-13(12(21)6-9)14(10-3-2-4-16-7-10)20-15(19-11)17-8-18-20/h2-4,7-9,14H,5-6H2,1H3,(H,17,18,19)/t9-,14-/m1/s1. The van der Waals surface area contributed by atoms with Gasteiger partial charge in [-0.15, -0.1) is 0 Å². The first-order valence-corrected chi connectivity index (χ1v) is 7.06. The van der Waals surface area contributed by atoms with Gasteiger partial charge in [0.25, 0.3) is 0 Å². The lowest BCUT2D eigenvalue weighted by atomic mass is 9.81. The molecule has 3 heterocycles. The molecule has 0 radical (unpaired) electrons. The van der Waals surface area contributed by atoms with Crippen molar-refractivity contribution in [2.45, 2.75) is 25.8 Å². The van der Waals surface area contributed by atoms with Crippen molar-refractivity contribution in [3.05, 3.63) is 47.7 Å². The van der Waals surface area contributed by atoms with Crippen LogP contribution >= 0.6 is 0 Å². The van der Waals surface area contributed by atoms with E-state index < -0.39 is 0 Å². The van der Waals surface area contributed by atoms with Crippen molar-refractivity contribution in [3.63, 3.8) is 0 Å². The van der Waals surface area contributed by atoms with Gasteiger partial charge in [0.2, 0.25) is 5.95 Å². The number of fused-ring (bicyclic) bond motifs is 1. The number of rotatable bonds is 1. The first kappa shape index (κ1) is 12.3. The highest BCUT2D eigenvalue weighted by Gasteiger charge is 2.37. The van der Waals surface area contributed by atoms with E-state index in [0.29, 0.717) is 18.3 Å². The molecule has 2 atom stereocenters. The molecule has 106 valence electrons. The largest absolute Gasteiger partial charge is 0.328 e. The summed E-state index contributed by atoms with van der Waals surface area (Å²) in [5, 5.41) is 7.56. The van der Waals surface area contributed by atoms with Crippen LogP contribution in [0.2, 0.25) is 0 Å². The third-order valence-corrected chi connectivity index (χ3v) is 4.07. The first-order chi connectivity index (χ1) is 10.2. The van der Waals surface area contributed by atoms with Crippen molar-refractivity contribution >= 4 is 11.7 Å². The summed E-state index contributed by atoms with van der Waals surface area (Å²) in [6.07, 6.45) is 6.48. The highest BCUT2D eigenvalue weighted by Crippen LogP contribution is 2.40. The number of ketones is 1. The summed E-state index contributed by atoms with van der Waals surface area (Å²) in [7, 11) is 0. The monoisotopic (exact) mass is 281 g/mol. The second kappa shape index (κ2) is 4.51. The Morgan fingerprint density at radius 1 is 1.38 bits per heavy atom. The number of hydrogen-bond donors (Lipinski definition) is 1. The molecule has 0 spiro atoms. The average Bonchev–Trinajstić information content (AvgIpc) is 2.93. The lowest BCUT2D eigenvalue weighted by Gasteiger charge is -2.33. The summed E-state index contributed by atoms with van der Waals surface area (Å²) < 4.78 is 1.77. The molecule has 6 nitrogen and oxygen atoms in total. The maximum atomic E-state index is 12.6. The van der Waals surface area contributed by atoms with Gasteiger partial charge in [0, 0.05) is 30.1 Å². The smallest absolute Gasteiger partial charge is 0.226 e. The molecule has 0 unspecified atom stereocenters. The number of Topliss-reactive ketones (excluding diaryl/α,β-unsaturated/α-hetero) is 1. The molecule has 2 aromatic rings. The Hall–Kier alpha value is -2.50. The van der Waals surface area contributed by atoms with Gasteiger partial charge >= 0.3 is 0 Å². The van der Waals surface area contributed by atoms with Gasteiger partial charge in [0.15, 0.2) is 5.78 Å². The van der Waals surface area contributed by atoms with Crippen molar-refractivity contribution in [1.29, 1.82) is 0 Å². The molecule has 0 saturated heterocycles. The summed E-state index contributed by atoms with van der Waals surface area (Å²) in [6, 6.07) is 3.63. The summed E-state index contributed by atoms with van der Waals surface area (Å²) in [4.78, 5) is 21.0. The summed E-state index contributed by atoms with van der Waals surface area (Å²) >= 11 is 0. The van der Waals surface area contributed by atoms with Crippen LogP contribution in [0, 0.1) is 5.92 Å². The van der Waals surface area contributed by atoms with Crippen LogP contribution in [-0.2, 0) is 4.79 Å². The van der Waals surface area contributed by atoms with E-state index in [1.54, 1.807) is 17.1 Å². The van der Waals surface area contributed by atoms with Crippen LogP contribution in [0.4, 0.5) is 5.95 Å². The maximum Gasteiger partial charge on any atom is 0.226 e. The van der Waals surface area contributed by atoms with Crippen molar-refractivity contribution in [2.75, 3.05) is 5.32 Å². The Morgan fingerprint density at radius 3 is 3.10 bits per heavy atom. The minimum Gasteiger partial charge on any atom is -0.328 e. The number of allylic oxidation sites excluding steroid dienone is 2. The van der Waals surface area contributed by atoms with Gasteiger partial charge in [-0.2, -0.15) is 10.1 Å². The number of carbonyl (C=O) groups is 1. The number of nitrogens with one attached hydrogen (secondary N) is 1. The number of aromatic nitrogens is 4. The van der Waals surface area contributed by atoms with Crippen molar-refractivity contribution < 1.29 is 4.79 Å². The molecule has 1 aliphatic carbocycles. The van der Waals surface area contributed by atoms with Crippen LogP contribution in [0.25, 0.3) is 0 Å². The lowest BCUT2D eigenvalue weighted by molar-refractivity contribution is -0.117. The molecule has 2 aliphatic rings. The van der Waals surface area contributed by atoms with Crippen molar-refractivity contribution in [3.8, 4) is 0 Å². The van der Waals surface area contributed by atoms with E-state index in [2.05, 4.69) is 27.3 Å². The number of carbonyl (C=O) groups excluding carboxylic acids is 1. The fourth-order valence-electron chi connectivity index (χ4n) is 3.19. The van der Waals surface area contributed by atoms with Crippen molar-refractivity contribution in [2.24, 2.45) is 5.92 Å². The minimum absolute atomic E-state index is 0.186. The zero-order valence-electron chi connectivity index (χ0n) is 11.7. The lowest BCUT2D eigenvalue weighted by Crippen LogP contribution is -2.33. The number of nitrogens with zero attached hydrogens (tertiary/aromatic N) is 4. The maximum absolute atomic E-state index is 12.6. The molecule has 2 aromatic heterocycles. The Labute approximate surface area is 121 Å². The predicted molar refractivity (Wildman–Crippen MR) is 76.5 cm³/mol. The van der Waals surface area contributed by atoms with Gasteiger partial charge in [-0.25, -0.2) is 4.68 Å². The van der Waals surface area contributed by atoms with Crippen LogP contribution in [0.5, 0.6) is 0 Å². The van der Waals surface area contributed by atoms with Gasteiger partial charge in [-0.05, 0) is 24.0 Å². The van der Waals surface area contributed by atoms with Crippen LogP contribution in [0.1, 0.15) is 31.4 Å². The summed E-state index contributed by atoms with van der Waals surface area (Å²) in [6.45, 7) is 2.10. The van der Waals surface area contributed by atoms with E-state index in [1.165, 1.54) is 6.33 Å². The second-order valence-corrected chi connectivity index (χ2v) is 5.67. The van der Waals surface area contributed by atoms with E-state index in [0.717, 1.165) is 23.3 Å². The SMILES string of the molecule is C[C@H]1CC(=O)C2=C(C1)Nc1ncnn1[C@@H]2c1cccnc1. The molecule has 0 amide bonds. The molecular weight excluding hydrogens is 266 g/mol. The molecule has 1 aliphatic heterocycles. The third-order valence-electron chi connectivity index (χ3n) is 4.07. The van der Waals surface area contributed by atoms with Crippen molar-refractivity contribution in [1.82, 2.24) is 19.7 Å². The van der Waals surface area contributed by atoms with Crippen LogP contribution in [0.15, 0.2) is 42.1 Å². The van der Waals surface area contributed by atoms with Crippen LogP contribution in [0.3, 0.4) is 0 Å². The molecule has 0 bridgehead atoms. The predicted octanol–water partition coefficient (Wildman–Crippen LogP) is 1.94. The zero-order chi connectivity index (χ0) is 14.4. The Morgan fingerprint density at radius 2 is 2.29 bits per heavy atom. The van der Waals surface area contributed by atoms with Gasteiger partial charge in [-0.1, -0.05) is 13.0 Å². The quantitative estimate of drug-likeness (QED) is 0.864. The van der Waals surface area contributed by atoms with E-state index >= 15 is 0 Å². The molecule has 6 heteroatoms. The normalized spacial score (nSPS) is 24.3. The fraction of sp³-hybridized carbons (Fsp3) is 0.333. The molecule has 4 rings (SSSR count).